The Morgan fingerprint density at radius 2 is 1.62 bits per heavy atom. The molecule has 1 heterocycles. The summed E-state index contributed by atoms with van der Waals surface area (Å²) in [5.41, 5.74) is -0.145. The quantitative estimate of drug-likeness (QED) is 0.298. The molecule has 1 amide bonds. The van der Waals surface area contributed by atoms with Gasteiger partial charge in [0.25, 0.3) is 0 Å². The van der Waals surface area contributed by atoms with Crippen LogP contribution in [0, 0.1) is 0 Å². The van der Waals surface area contributed by atoms with Crippen molar-refractivity contribution in [2.24, 2.45) is 4.36 Å². The van der Waals surface area contributed by atoms with Gasteiger partial charge in [-0.15, -0.1) is 4.36 Å². The molecular weight excluding hydrogens is 566 g/mol. The van der Waals surface area contributed by atoms with Crippen molar-refractivity contribution < 1.29 is 44.8 Å². The molecule has 3 atom stereocenters. The maximum absolute atomic E-state index is 13.6. The fraction of sp³-hybridized carbons (Fsp3) is 0.320. The average Bonchev–Trinajstić information content (AvgIpc) is 2.87. The zero-order chi connectivity index (χ0) is 29.7. The van der Waals surface area contributed by atoms with Crippen molar-refractivity contribution in [2.75, 3.05) is 11.6 Å². The largest absolute Gasteiger partial charge is 0.474 e. The van der Waals surface area contributed by atoms with E-state index in [0.29, 0.717) is 6.20 Å². The van der Waals surface area contributed by atoms with E-state index in [2.05, 4.69) is 19.6 Å². The van der Waals surface area contributed by atoms with Crippen LogP contribution in [0.3, 0.4) is 0 Å². The van der Waals surface area contributed by atoms with Crippen LogP contribution in [0.2, 0.25) is 0 Å². The van der Waals surface area contributed by atoms with Crippen molar-refractivity contribution in [3.8, 4) is 5.88 Å². The number of alkyl halides is 6. The molecule has 40 heavy (non-hydrogen) atoms. The van der Waals surface area contributed by atoms with Gasteiger partial charge in [-0.25, -0.2) is 9.19 Å². The van der Waals surface area contributed by atoms with E-state index in [4.69, 9.17) is 9.47 Å². The Labute approximate surface area is 225 Å². The summed E-state index contributed by atoms with van der Waals surface area (Å²) in [6.07, 6.45) is -10.1. The van der Waals surface area contributed by atoms with E-state index in [1.165, 1.54) is 19.1 Å². The van der Waals surface area contributed by atoms with Gasteiger partial charge in [-0.05, 0) is 43.7 Å². The monoisotopic (exact) mass is 590 g/mol. The number of hydrogen-bond acceptors (Lipinski definition) is 7. The molecule has 0 aliphatic rings. The molecule has 0 saturated heterocycles. The second-order valence-electron chi connectivity index (χ2n) is 8.58. The van der Waals surface area contributed by atoms with Crippen LogP contribution in [-0.2, 0) is 32.0 Å². The lowest BCUT2D eigenvalue weighted by molar-refractivity contribution is -0.169. The summed E-state index contributed by atoms with van der Waals surface area (Å²) in [5, 5.41) is 2.64. The number of nitrogens with zero attached hydrogens (tertiary/aromatic N) is 3. The molecule has 0 radical (unpaired) electrons. The van der Waals surface area contributed by atoms with Crippen LogP contribution in [0.1, 0.15) is 25.0 Å². The maximum atomic E-state index is 13.6. The lowest BCUT2D eigenvalue weighted by Crippen LogP contribution is -2.30. The molecule has 0 aliphatic carbocycles. The predicted octanol–water partition coefficient (Wildman–Crippen LogP) is 6.16. The van der Waals surface area contributed by atoms with Gasteiger partial charge < -0.3 is 14.8 Å². The van der Waals surface area contributed by atoms with Crippen LogP contribution in [0.5, 0.6) is 5.88 Å². The second-order valence-corrected chi connectivity index (χ2v) is 10.8. The molecule has 3 aromatic rings. The fourth-order valence-electron chi connectivity index (χ4n) is 3.10. The Hall–Kier alpha value is -3.72. The Morgan fingerprint density at radius 3 is 2.20 bits per heavy atom. The molecule has 0 saturated carbocycles. The molecule has 3 rings (SSSR count). The number of ether oxygens (including phenoxy) is 2. The fourth-order valence-corrected chi connectivity index (χ4v) is 4.27. The van der Waals surface area contributed by atoms with E-state index in [9.17, 15) is 35.3 Å². The first-order valence-corrected chi connectivity index (χ1v) is 13.5. The predicted molar refractivity (Wildman–Crippen MR) is 133 cm³/mol. The van der Waals surface area contributed by atoms with Crippen molar-refractivity contribution in [1.82, 2.24) is 9.97 Å². The number of carbonyl (C=O) groups is 1. The summed E-state index contributed by atoms with van der Waals surface area (Å²) in [6, 6.07) is 14.0. The van der Waals surface area contributed by atoms with Crippen LogP contribution in [0.25, 0.3) is 0 Å². The number of carbonyl (C=O) groups excluding carboxylic acids is 1. The van der Waals surface area contributed by atoms with Crippen molar-refractivity contribution in [3.63, 3.8) is 0 Å². The molecular formula is C25H24F6N4O4S. The third-order valence-electron chi connectivity index (χ3n) is 5.42. The van der Waals surface area contributed by atoms with Crippen LogP contribution in [-0.4, -0.2) is 44.7 Å². The number of benzene rings is 2. The minimum absolute atomic E-state index is 0.175. The molecule has 0 bridgehead atoms. The van der Waals surface area contributed by atoms with E-state index >= 15 is 0 Å². The Kier molecular flexibility index (Phi) is 9.40. The standard InChI is InChI=1S/C25H24F6N4O4S/c1-15(38-14-17-7-5-4-6-8-17)16(2)39-21-20(24(26,27)28)13-32-23(34-21)33-18-9-11-19(12-10-18)40(3,37)35-22(36)25(29,30)31/h4-13,15-16H,14H2,1-3H3,(H,32,33,34)/t15-,16-,40?/m1/s1. The Morgan fingerprint density at radius 1 is 1.00 bits per heavy atom. The van der Waals surface area contributed by atoms with Gasteiger partial charge in [-0.1, -0.05) is 30.3 Å². The number of halogens is 6. The van der Waals surface area contributed by atoms with Gasteiger partial charge in [0.1, 0.15) is 11.7 Å². The van der Waals surface area contributed by atoms with Gasteiger partial charge in [-0.2, -0.15) is 31.3 Å². The van der Waals surface area contributed by atoms with Gasteiger partial charge in [0.05, 0.1) is 22.4 Å². The molecule has 0 aliphatic heterocycles. The average molecular weight is 591 g/mol. The summed E-state index contributed by atoms with van der Waals surface area (Å²) in [6.45, 7) is 3.39. The number of rotatable bonds is 9. The van der Waals surface area contributed by atoms with Crippen molar-refractivity contribution in [3.05, 3.63) is 71.9 Å². The van der Waals surface area contributed by atoms with Crippen LogP contribution in [0.15, 0.2) is 70.1 Å². The van der Waals surface area contributed by atoms with Gasteiger partial charge in [0, 0.05) is 23.0 Å². The summed E-state index contributed by atoms with van der Waals surface area (Å²) in [7, 11) is -3.72. The van der Waals surface area contributed by atoms with Gasteiger partial charge in [0.2, 0.25) is 11.8 Å². The van der Waals surface area contributed by atoms with Crippen LogP contribution in [0.4, 0.5) is 38.0 Å². The molecule has 0 fully saturated rings. The first-order valence-electron chi connectivity index (χ1n) is 11.5. The minimum Gasteiger partial charge on any atom is -0.471 e. The normalized spacial score (nSPS) is 15.0. The lowest BCUT2D eigenvalue weighted by Gasteiger charge is -2.23. The number of nitrogens with one attached hydrogen (secondary N) is 1. The highest BCUT2D eigenvalue weighted by molar-refractivity contribution is 7.93. The molecule has 0 spiro atoms. The van der Waals surface area contributed by atoms with E-state index in [0.717, 1.165) is 24.0 Å². The number of aromatic nitrogens is 2. The maximum Gasteiger partial charge on any atom is 0.474 e. The highest BCUT2D eigenvalue weighted by atomic mass is 32.2. The lowest BCUT2D eigenvalue weighted by atomic mass is 10.2. The third-order valence-corrected chi connectivity index (χ3v) is 7.08. The van der Waals surface area contributed by atoms with Gasteiger partial charge in [-0.3, -0.25) is 4.79 Å². The summed E-state index contributed by atoms with van der Waals surface area (Å²) in [5.74, 6) is -3.51. The number of hydrogen-bond donors (Lipinski definition) is 1. The van der Waals surface area contributed by atoms with E-state index in [1.807, 2.05) is 30.3 Å². The van der Waals surface area contributed by atoms with E-state index in [1.54, 1.807) is 6.92 Å². The minimum atomic E-state index is -5.27. The first-order chi connectivity index (χ1) is 18.6. The molecule has 8 nitrogen and oxygen atoms in total. The number of anilines is 2. The zero-order valence-electron chi connectivity index (χ0n) is 21.3. The highest BCUT2D eigenvalue weighted by Crippen LogP contribution is 2.36. The summed E-state index contributed by atoms with van der Waals surface area (Å²) in [4.78, 5) is 18.5. The summed E-state index contributed by atoms with van der Waals surface area (Å²) < 4.78 is 105. The first kappa shape index (κ1) is 30.8. The second kappa shape index (κ2) is 12.2. The molecule has 15 heteroatoms. The molecule has 2 aromatic carbocycles. The van der Waals surface area contributed by atoms with Gasteiger partial charge >= 0.3 is 18.3 Å². The zero-order valence-corrected chi connectivity index (χ0v) is 22.1. The van der Waals surface area contributed by atoms with Crippen LogP contribution >= 0.6 is 0 Å². The van der Waals surface area contributed by atoms with Crippen LogP contribution < -0.4 is 10.1 Å². The Bertz CT molecular complexity index is 1440. The molecule has 1 aromatic heterocycles. The van der Waals surface area contributed by atoms with E-state index < -0.39 is 51.6 Å². The smallest absolute Gasteiger partial charge is 0.471 e. The van der Waals surface area contributed by atoms with E-state index in [-0.39, 0.29) is 23.1 Å². The molecule has 1 unspecified atom stereocenters. The van der Waals surface area contributed by atoms with Crippen molar-refractivity contribution in [1.29, 1.82) is 0 Å². The topological polar surface area (TPSA) is 103 Å². The van der Waals surface area contributed by atoms with Gasteiger partial charge in [0.15, 0.2) is 0 Å². The molecule has 1 N–H and O–H groups in total. The Balaban J connectivity index is 1.77. The third kappa shape index (κ3) is 8.39. The van der Waals surface area contributed by atoms with Crippen molar-refractivity contribution in [2.45, 2.75) is 49.9 Å². The summed E-state index contributed by atoms with van der Waals surface area (Å²) >= 11 is 0. The SMILES string of the molecule is C[C@@H](OCc1ccccc1)[C@@H](C)Oc1nc(Nc2ccc(S(C)(=O)=NC(=O)C(F)(F)F)cc2)ncc1C(F)(F)F. The molecule has 216 valence electrons. The number of amides is 1. The van der Waals surface area contributed by atoms with Crippen molar-refractivity contribution >= 4 is 27.3 Å². The highest BCUT2D eigenvalue weighted by Gasteiger charge is 2.40.